The van der Waals surface area contributed by atoms with Crippen molar-refractivity contribution in [3.05, 3.63) is 40.0 Å². The predicted molar refractivity (Wildman–Crippen MR) is 92.1 cm³/mol. The molecular formula is C17H20BrN3O. The second kappa shape index (κ2) is 6.34. The molecule has 2 heterocycles. The van der Waals surface area contributed by atoms with E-state index < -0.39 is 0 Å². The number of carbonyl (C=O) groups excluding carboxylic acids is 1. The lowest BCUT2D eigenvalue weighted by molar-refractivity contribution is 0.0927. The van der Waals surface area contributed by atoms with Crippen LogP contribution in [0.1, 0.15) is 35.8 Å². The molecule has 1 aliphatic rings. The smallest absolute Gasteiger partial charge is 0.252 e. The number of carbonyl (C=O) groups is 1. The number of amides is 1. The van der Waals surface area contributed by atoms with Gasteiger partial charge in [0.15, 0.2) is 0 Å². The maximum atomic E-state index is 12.7. The summed E-state index contributed by atoms with van der Waals surface area (Å²) >= 11 is 3.47. The van der Waals surface area contributed by atoms with E-state index in [0.29, 0.717) is 11.6 Å². The lowest BCUT2D eigenvalue weighted by Gasteiger charge is -2.28. The number of rotatable bonds is 2. The SMILES string of the molecule is Cc1cc(C(=O)NC2CCNC(C)C2)c2cc(Br)ccc2n1. The van der Waals surface area contributed by atoms with E-state index in [1.165, 1.54) is 0 Å². The number of aryl methyl sites for hydroxylation is 1. The van der Waals surface area contributed by atoms with Gasteiger partial charge in [-0.1, -0.05) is 15.9 Å². The molecule has 1 saturated heterocycles. The van der Waals surface area contributed by atoms with E-state index in [4.69, 9.17) is 0 Å². The van der Waals surface area contributed by atoms with Gasteiger partial charge in [0.1, 0.15) is 0 Å². The summed E-state index contributed by atoms with van der Waals surface area (Å²) < 4.78 is 0.954. The van der Waals surface area contributed by atoms with Crippen LogP contribution in [0.25, 0.3) is 10.9 Å². The minimum Gasteiger partial charge on any atom is -0.349 e. The Balaban J connectivity index is 1.91. The Morgan fingerprint density at radius 2 is 2.23 bits per heavy atom. The lowest BCUT2D eigenvalue weighted by Crippen LogP contribution is -2.46. The van der Waals surface area contributed by atoms with Crippen LogP contribution in [0.5, 0.6) is 0 Å². The Bertz CT molecular complexity index is 716. The molecule has 1 fully saturated rings. The van der Waals surface area contributed by atoms with Gasteiger partial charge in [0.2, 0.25) is 0 Å². The first-order valence-electron chi connectivity index (χ1n) is 7.64. The van der Waals surface area contributed by atoms with Gasteiger partial charge in [-0.15, -0.1) is 0 Å². The van der Waals surface area contributed by atoms with Crippen LogP contribution in [0.2, 0.25) is 0 Å². The second-order valence-electron chi connectivity index (χ2n) is 6.02. The zero-order chi connectivity index (χ0) is 15.7. The first-order valence-corrected chi connectivity index (χ1v) is 8.43. The van der Waals surface area contributed by atoms with Crippen molar-refractivity contribution >= 4 is 32.7 Å². The molecule has 1 aromatic carbocycles. The van der Waals surface area contributed by atoms with Crippen molar-refractivity contribution in [2.24, 2.45) is 0 Å². The molecule has 0 bridgehead atoms. The molecule has 1 amide bonds. The zero-order valence-corrected chi connectivity index (χ0v) is 14.4. The Labute approximate surface area is 138 Å². The summed E-state index contributed by atoms with van der Waals surface area (Å²) in [5, 5.41) is 7.47. The van der Waals surface area contributed by atoms with Crippen molar-refractivity contribution in [3.8, 4) is 0 Å². The van der Waals surface area contributed by atoms with Crippen molar-refractivity contribution < 1.29 is 4.79 Å². The number of nitrogens with one attached hydrogen (secondary N) is 2. The third kappa shape index (κ3) is 3.31. The van der Waals surface area contributed by atoms with Gasteiger partial charge >= 0.3 is 0 Å². The summed E-state index contributed by atoms with van der Waals surface area (Å²) in [7, 11) is 0. The first kappa shape index (κ1) is 15.4. The van der Waals surface area contributed by atoms with Gasteiger partial charge in [0.25, 0.3) is 5.91 Å². The van der Waals surface area contributed by atoms with Gasteiger partial charge in [-0.2, -0.15) is 0 Å². The molecule has 1 aromatic heterocycles. The molecule has 0 spiro atoms. The number of fused-ring (bicyclic) bond motifs is 1. The van der Waals surface area contributed by atoms with E-state index in [2.05, 4.69) is 38.5 Å². The maximum absolute atomic E-state index is 12.7. The summed E-state index contributed by atoms with van der Waals surface area (Å²) in [5.74, 6) is -0.00676. The molecular weight excluding hydrogens is 342 g/mol. The predicted octanol–water partition coefficient (Wildman–Crippen LogP) is 3.18. The van der Waals surface area contributed by atoms with Gasteiger partial charge < -0.3 is 10.6 Å². The fourth-order valence-corrected chi connectivity index (χ4v) is 3.41. The largest absolute Gasteiger partial charge is 0.349 e. The average molecular weight is 362 g/mol. The highest BCUT2D eigenvalue weighted by atomic mass is 79.9. The van der Waals surface area contributed by atoms with Crippen LogP contribution in [0.4, 0.5) is 0 Å². The van der Waals surface area contributed by atoms with E-state index in [0.717, 1.165) is 40.5 Å². The number of halogens is 1. The molecule has 116 valence electrons. The van der Waals surface area contributed by atoms with Crippen molar-refractivity contribution in [1.82, 2.24) is 15.6 Å². The van der Waals surface area contributed by atoms with Crippen LogP contribution >= 0.6 is 15.9 Å². The number of benzene rings is 1. The van der Waals surface area contributed by atoms with Crippen LogP contribution in [0.3, 0.4) is 0 Å². The van der Waals surface area contributed by atoms with Crippen molar-refractivity contribution in [2.45, 2.75) is 38.8 Å². The number of hydrogen-bond donors (Lipinski definition) is 2. The van der Waals surface area contributed by atoms with Crippen molar-refractivity contribution in [1.29, 1.82) is 0 Å². The van der Waals surface area contributed by atoms with Gasteiger partial charge in [-0.3, -0.25) is 9.78 Å². The number of pyridine rings is 1. The number of aromatic nitrogens is 1. The van der Waals surface area contributed by atoms with Crippen LogP contribution in [-0.4, -0.2) is 29.5 Å². The van der Waals surface area contributed by atoms with Crippen LogP contribution < -0.4 is 10.6 Å². The molecule has 0 aliphatic carbocycles. The van der Waals surface area contributed by atoms with E-state index in [-0.39, 0.29) is 11.9 Å². The van der Waals surface area contributed by atoms with Crippen molar-refractivity contribution in [2.75, 3.05) is 6.54 Å². The lowest BCUT2D eigenvalue weighted by atomic mass is 9.99. The second-order valence-corrected chi connectivity index (χ2v) is 6.94. The average Bonchev–Trinajstić information content (AvgIpc) is 2.47. The summed E-state index contributed by atoms with van der Waals surface area (Å²) in [5.41, 5.74) is 2.42. The molecule has 2 unspecified atom stereocenters. The minimum atomic E-state index is -0.00676. The molecule has 0 saturated carbocycles. The molecule has 3 rings (SSSR count). The first-order chi connectivity index (χ1) is 10.5. The van der Waals surface area contributed by atoms with Gasteiger partial charge in [-0.25, -0.2) is 0 Å². The van der Waals surface area contributed by atoms with Crippen molar-refractivity contribution in [3.63, 3.8) is 0 Å². The summed E-state index contributed by atoms with van der Waals surface area (Å²) in [6, 6.07) is 8.40. The van der Waals surface area contributed by atoms with Gasteiger partial charge in [-0.05, 0) is 57.5 Å². The molecule has 2 atom stereocenters. The van der Waals surface area contributed by atoms with Gasteiger partial charge in [0, 0.05) is 27.6 Å². The maximum Gasteiger partial charge on any atom is 0.252 e. The Morgan fingerprint density at radius 3 is 3.00 bits per heavy atom. The molecule has 22 heavy (non-hydrogen) atoms. The molecule has 4 nitrogen and oxygen atoms in total. The minimum absolute atomic E-state index is 0.00676. The quantitative estimate of drug-likeness (QED) is 0.863. The fraction of sp³-hybridized carbons (Fsp3) is 0.412. The zero-order valence-electron chi connectivity index (χ0n) is 12.8. The van der Waals surface area contributed by atoms with E-state index >= 15 is 0 Å². The molecule has 2 aromatic rings. The third-order valence-electron chi connectivity index (χ3n) is 4.10. The van der Waals surface area contributed by atoms with Crippen LogP contribution in [0, 0.1) is 6.92 Å². The van der Waals surface area contributed by atoms with Crippen LogP contribution in [-0.2, 0) is 0 Å². The number of nitrogens with zero attached hydrogens (tertiary/aromatic N) is 1. The van der Waals surface area contributed by atoms with E-state index in [1.54, 1.807) is 0 Å². The highest BCUT2D eigenvalue weighted by Gasteiger charge is 2.21. The topological polar surface area (TPSA) is 54.0 Å². The molecule has 1 aliphatic heterocycles. The highest BCUT2D eigenvalue weighted by Crippen LogP contribution is 2.23. The Kier molecular flexibility index (Phi) is 4.45. The highest BCUT2D eigenvalue weighted by molar-refractivity contribution is 9.10. The number of piperidine rings is 1. The summed E-state index contributed by atoms with van der Waals surface area (Å²) in [6.07, 6.45) is 1.94. The number of hydrogen-bond acceptors (Lipinski definition) is 3. The monoisotopic (exact) mass is 361 g/mol. The normalized spacial score (nSPS) is 21.8. The van der Waals surface area contributed by atoms with E-state index in [9.17, 15) is 4.79 Å². The Morgan fingerprint density at radius 1 is 1.41 bits per heavy atom. The standard InChI is InChI=1S/C17H20BrN3O/c1-10-7-13(5-6-19-10)21-17(22)15-8-11(2)20-16-4-3-12(18)9-14(15)16/h3-4,8-10,13,19H,5-7H2,1-2H3,(H,21,22). The molecule has 0 radical (unpaired) electrons. The van der Waals surface area contributed by atoms with Crippen LogP contribution in [0.15, 0.2) is 28.7 Å². The van der Waals surface area contributed by atoms with Gasteiger partial charge in [0.05, 0.1) is 11.1 Å². The molecule has 5 heteroatoms. The Hall–Kier alpha value is -1.46. The van der Waals surface area contributed by atoms with E-state index in [1.807, 2.05) is 31.2 Å². The fourth-order valence-electron chi connectivity index (χ4n) is 3.04. The summed E-state index contributed by atoms with van der Waals surface area (Å²) in [4.78, 5) is 17.2. The summed E-state index contributed by atoms with van der Waals surface area (Å²) in [6.45, 7) is 5.03. The third-order valence-corrected chi connectivity index (χ3v) is 4.60. The molecule has 2 N–H and O–H groups in total.